The predicted molar refractivity (Wildman–Crippen MR) is 40.4 cm³/mol. The van der Waals surface area contributed by atoms with Gasteiger partial charge in [0.1, 0.15) is 0 Å². The normalized spacial score (nSPS) is 13.8. The molecule has 0 fully saturated rings. The molecule has 13 heavy (non-hydrogen) atoms. The maximum Gasteiger partial charge on any atom is 0.425 e. The maximum absolute atomic E-state index is 12.0. The Morgan fingerprint density at radius 1 is 1.38 bits per heavy atom. The number of halogens is 3. The van der Waals surface area contributed by atoms with Gasteiger partial charge in [0, 0.05) is 12.3 Å². The Labute approximate surface area is 73.4 Å². The van der Waals surface area contributed by atoms with Crippen LogP contribution in [0.1, 0.15) is 6.92 Å². The van der Waals surface area contributed by atoms with Gasteiger partial charge in [-0.3, -0.25) is 0 Å². The van der Waals surface area contributed by atoms with Crippen molar-refractivity contribution in [2.75, 3.05) is 0 Å². The highest BCUT2D eigenvalue weighted by Crippen LogP contribution is 2.23. The van der Waals surface area contributed by atoms with Crippen LogP contribution in [0.15, 0.2) is 24.4 Å². The molecular formula is C8H8F3NO. The molecule has 0 saturated carbocycles. The number of hydrogen-bond acceptors (Lipinski definition) is 2. The van der Waals surface area contributed by atoms with Crippen molar-refractivity contribution in [1.29, 1.82) is 0 Å². The summed E-state index contributed by atoms with van der Waals surface area (Å²) >= 11 is 0. The van der Waals surface area contributed by atoms with Crippen LogP contribution in [0.4, 0.5) is 13.2 Å². The van der Waals surface area contributed by atoms with Crippen molar-refractivity contribution in [3.8, 4) is 5.88 Å². The third kappa shape index (κ3) is 2.93. The van der Waals surface area contributed by atoms with Crippen molar-refractivity contribution < 1.29 is 17.9 Å². The van der Waals surface area contributed by atoms with Crippen LogP contribution >= 0.6 is 0 Å². The molecule has 1 heterocycles. The third-order valence-corrected chi connectivity index (χ3v) is 1.40. The molecule has 2 nitrogen and oxygen atoms in total. The van der Waals surface area contributed by atoms with E-state index in [0.717, 1.165) is 6.92 Å². The van der Waals surface area contributed by atoms with E-state index in [2.05, 4.69) is 9.72 Å². The van der Waals surface area contributed by atoms with Gasteiger partial charge < -0.3 is 4.74 Å². The molecule has 72 valence electrons. The number of aromatic nitrogens is 1. The lowest BCUT2D eigenvalue weighted by Gasteiger charge is -2.16. The van der Waals surface area contributed by atoms with E-state index in [4.69, 9.17) is 0 Å². The van der Waals surface area contributed by atoms with Gasteiger partial charge in [-0.05, 0) is 13.0 Å². The van der Waals surface area contributed by atoms with Gasteiger partial charge in [0.05, 0.1) is 0 Å². The summed E-state index contributed by atoms with van der Waals surface area (Å²) in [4.78, 5) is 3.61. The number of hydrogen-bond donors (Lipinski definition) is 0. The first-order valence-electron chi connectivity index (χ1n) is 3.64. The Kier molecular flexibility index (Phi) is 2.75. The zero-order chi connectivity index (χ0) is 9.90. The molecule has 0 spiro atoms. The second kappa shape index (κ2) is 3.64. The summed E-state index contributed by atoms with van der Waals surface area (Å²) in [6.07, 6.45) is -4.81. The van der Waals surface area contributed by atoms with Crippen molar-refractivity contribution in [3.63, 3.8) is 0 Å². The fourth-order valence-electron chi connectivity index (χ4n) is 0.665. The molecule has 1 aromatic heterocycles. The monoisotopic (exact) mass is 191 g/mol. The van der Waals surface area contributed by atoms with Crippen molar-refractivity contribution in [2.45, 2.75) is 19.2 Å². The SMILES string of the molecule is CC(Oc1ccccn1)C(F)(F)F. The Morgan fingerprint density at radius 2 is 2.08 bits per heavy atom. The second-order valence-corrected chi connectivity index (χ2v) is 2.47. The molecule has 0 aromatic carbocycles. The predicted octanol–water partition coefficient (Wildman–Crippen LogP) is 2.41. The number of nitrogens with zero attached hydrogens (tertiary/aromatic N) is 1. The molecule has 1 atom stereocenters. The number of rotatable bonds is 2. The molecule has 0 N–H and O–H groups in total. The maximum atomic E-state index is 12.0. The summed E-state index contributed by atoms with van der Waals surface area (Å²) in [7, 11) is 0. The molecule has 0 aliphatic heterocycles. The lowest BCUT2D eigenvalue weighted by atomic mass is 10.4. The quantitative estimate of drug-likeness (QED) is 0.716. The van der Waals surface area contributed by atoms with Crippen molar-refractivity contribution in [3.05, 3.63) is 24.4 Å². The van der Waals surface area contributed by atoms with Gasteiger partial charge in [-0.25, -0.2) is 4.98 Å². The lowest BCUT2D eigenvalue weighted by molar-refractivity contribution is -0.189. The van der Waals surface area contributed by atoms with E-state index in [-0.39, 0.29) is 5.88 Å². The van der Waals surface area contributed by atoms with Crippen LogP contribution < -0.4 is 4.74 Å². The van der Waals surface area contributed by atoms with E-state index < -0.39 is 12.3 Å². The van der Waals surface area contributed by atoms with Gasteiger partial charge in [0.2, 0.25) is 5.88 Å². The first kappa shape index (κ1) is 9.83. The van der Waals surface area contributed by atoms with Crippen LogP contribution in [0.2, 0.25) is 0 Å². The highest BCUT2D eigenvalue weighted by molar-refractivity contribution is 5.09. The summed E-state index contributed by atoms with van der Waals surface area (Å²) in [5.74, 6) is -0.0210. The van der Waals surface area contributed by atoms with Crippen LogP contribution in [0.25, 0.3) is 0 Å². The van der Waals surface area contributed by atoms with E-state index in [0.29, 0.717) is 0 Å². The molecule has 0 radical (unpaired) electrons. The molecule has 5 heteroatoms. The standard InChI is InChI=1S/C8H8F3NO/c1-6(8(9,10)11)13-7-4-2-3-5-12-7/h2-6H,1H3. The highest BCUT2D eigenvalue weighted by Gasteiger charge is 2.38. The number of ether oxygens (including phenoxy) is 1. The van der Waals surface area contributed by atoms with Crippen molar-refractivity contribution in [1.82, 2.24) is 4.98 Å². The van der Waals surface area contributed by atoms with Crippen molar-refractivity contribution in [2.24, 2.45) is 0 Å². The van der Waals surface area contributed by atoms with E-state index in [1.807, 2.05) is 0 Å². The summed E-state index contributed by atoms with van der Waals surface area (Å²) in [5, 5.41) is 0. The van der Waals surface area contributed by atoms with Gasteiger partial charge in [0.15, 0.2) is 6.10 Å². The number of pyridine rings is 1. The summed E-state index contributed by atoms with van der Waals surface area (Å²) in [6, 6.07) is 4.54. The second-order valence-electron chi connectivity index (χ2n) is 2.47. The molecule has 0 aliphatic carbocycles. The fraction of sp³-hybridized carbons (Fsp3) is 0.375. The molecule has 1 aromatic rings. The average Bonchev–Trinajstić information content (AvgIpc) is 2.04. The van der Waals surface area contributed by atoms with Gasteiger partial charge in [-0.2, -0.15) is 13.2 Å². The molecule has 0 aliphatic rings. The van der Waals surface area contributed by atoms with Crippen molar-refractivity contribution >= 4 is 0 Å². The van der Waals surface area contributed by atoms with Crippen LogP contribution in [0.3, 0.4) is 0 Å². The van der Waals surface area contributed by atoms with E-state index >= 15 is 0 Å². The van der Waals surface area contributed by atoms with E-state index in [9.17, 15) is 13.2 Å². The lowest BCUT2D eigenvalue weighted by Crippen LogP contribution is -2.31. The van der Waals surface area contributed by atoms with Gasteiger partial charge in [-0.1, -0.05) is 6.07 Å². The zero-order valence-corrected chi connectivity index (χ0v) is 6.88. The summed E-state index contributed by atoms with van der Waals surface area (Å²) in [6.45, 7) is 0.939. The molecule has 1 unspecified atom stereocenters. The largest absolute Gasteiger partial charge is 0.465 e. The van der Waals surface area contributed by atoms with Crippen LogP contribution in [0, 0.1) is 0 Å². The first-order chi connectivity index (χ1) is 6.00. The smallest absolute Gasteiger partial charge is 0.425 e. The van der Waals surface area contributed by atoms with Gasteiger partial charge in [-0.15, -0.1) is 0 Å². The molecule has 0 amide bonds. The fourth-order valence-corrected chi connectivity index (χ4v) is 0.665. The Hall–Kier alpha value is -1.26. The molecular weight excluding hydrogens is 183 g/mol. The van der Waals surface area contributed by atoms with Crippen LogP contribution in [0.5, 0.6) is 5.88 Å². The van der Waals surface area contributed by atoms with Crippen LogP contribution in [-0.2, 0) is 0 Å². The first-order valence-corrected chi connectivity index (χ1v) is 3.64. The van der Waals surface area contributed by atoms with E-state index in [1.165, 1.54) is 12.3 Å². The van der Waals surface area contributed by atoms with Crippen LogP contribution in [-0.4, -0.2) is 17.3 Å². The minimum atomic E-state index is -4.35. The topological polar surface area (TPSA) is 22.1 Å². The average molecular weight is 191 g/mol. The minimum absolute atomic E-state index is 0.0210. The summed E-state index contributed by atoms with van der Waals surface area (Å²) < 4.78 is 40.5. The van der Waals surface area contributed by atoms with Gasteiger partial charge >= 0.3 is 6.18 Å². The van der Waals surface area contributed by atoms with E-state index in [1.54, 1.807) is 12.1 Å². The Balaban J connectivity index is 2.61. The zero-order valence-electron chi connectivity index (χ0n) is 6.88. The molecule has 0 saturated heterocycles. The highest BCUT2D eigenvalue weighted by atomic mass is 19.4. The minimum Gasteiger partial charge on any atom is -0.465 e. The van der Waals surface area contributed by atoms with Gasteiger partial charge in [0.25, 0.3) is 0 Å². The Morgan fingerprint density at radius 3 is 2.54 bits per heavy atom. The molecule has 1 rings (SSSR count). The molecule has 0 bridgehead atoms. The number of alkyl halides is 3. The summed E-state index contributed by atoms with van der Waals surface area (Å²) in [5.41, 5.74) is 0. The third-order valence-electron chi connectivity index (χ3n) is 1.40. The Bertz CT molecular complexity index is 260.